The lowest BCUT2D eigenvalue weighted by molar-refractivity contribution is -0.139. The summed E-state index contributed by atoms with van der Waals surface area (Å²) in [6.07, 6.45) is 3.23. The number of carbonyl (C=O) groups is 1. The Morgan fingerprint density at radius 3 is 2.73 bits per heavy atom. The maximum Gasteiger partial charge on any atom is 0.321 e. The lowest BCUT2D eigenvalue weighted by Crippen LogP contribution is -2.38. The number of aromatic amines is 1. The molecule has 0 unspecified atom stereocenters. The first-order chi connectivity index (χ1) is 12.7. The van der Waals surface area contributed by atoms with E-state index in [2.05, 4.69) is 17.2 Å². The van der Waals surface area contributed by atoms with E-state index in [1.807, 2.05) is 54.7 Å². The van der Waals surface area contributed by atoms with Crippen molar-refractivity contribution in [1.82, 2.24) is 10.3 Å². The summed E-state index contributed by atoms with van der Waals surface area (Å²) in [7, 11) is 0. The summed E-state index contributed by atoms with van der Waals surface area (Å²) in [6.45, 7) is 3.15. The fourth-order valence-corrected chi connectivity index (χ4v) is 3.00. The average molecular weight is 352 g/mol. The molecule has 2 aromatic carbocycles. The zero-order valence-electron chi connectivity index (χ0n) is 14.9. The molecule has 0 radical (unpaired) electrons. The molecule has 1 heterocycles. The number of H-pyrrole nitrogens is 1. The van der Waals surface area contributed by atoms with E-state index in [9.17, 15) is 9.90 Å². The van der Waals surface area contributed by atoms with E-state index in [4.69, 9.17) is 4.74 Å². The van der Waals surface area contributed by atoms with Gasteiger partial charge in [0, 0.05) is 35.6 Å². The zero-order valence-corrected chi connectivity index (χ0v) is 14.9. The normalized spacial score (nSPS) is 12.2. The maximum atomic E-state index is 11.7. The predicted octanol–water partition coefficient (Wildman–Crippen LogP) is 3.74. The predicted molar refractivity (Wildman–Crippen MR) is 102 cm³/mol. The molecule has 0 saturated carbocycles. The maximum absolute atomic E-state index is 11.7. The summed E-state index contributed by atoms with van der Waals surface area (Å²) in [5.74, 6) is -0.0553. The largest absolute Gasteiger partial charge is 0.493 e. The molecule has 136 valence electrons. The van der Waals surface area contributed by atoms with Crippen LogP contribution in [0.1, 0.15) is 24.5 Å². The second-order valence-electron chi connectivity index (χ2n) is 6.29. The molecule has 3 rings (SSSR count). The number of carboxylic acid groups (broad SMARTS) is 1. The van der Waals surface area contributed by atoms with Crippen LogP contribution in [0.15, 0.2) is 54.7 Å². The first kappa shape index (κ1) is 18.0. The molecule has 0 spiro atoms. The van der Waals surface area contributed by atoms with Gasteiger partial charge in [0.2, 0.25) is 0 Å². The first-order valence-electron chi connectivity index (χ1n) is 8.91. The van der Waals surface area contributed by atoms with Crippen molar-refractivity contribution in [3.05, 3.63) is 65.9 Å². The van der Waals surface area contributed by atoms with Gasteiger partial charge >= 0.3 is 5.97 Å². The third-order valence-corrected chi connectivity index (χ3v) is 4.37. The van der Waals surface area contributed by atoms with Crippen LogP contribution < -0.4 is 10.1 Å². The van der Waals surface area contributed by atoms with E-state index in [1.54, 1.807) is 0 Å². The van der Waals surface area contributed by atoms with Crippen molar-refractivity contribution < 1.29 is 14.6 Å². The van der Waals surface area contributed by atoms with Crippen molar-refractivity contribution in [2.24, 2.45) is 0 Å². The molecule has 0 fully saturated rings. The molecule has 0 saturated heterocycles. The van der Waals surface area contributed by atoms with Gasteiger partial charge in [0.05, 0.1) is 6.61 Å². The van der Waals surface area contributed by atoms with E-state index in [1.165, 1.54) is 0 Å². The first-order valence-corrected chi connectivity index (χ1v) is 8.91. The minimum Gasteiger partial charge on any atom is -0.493 e. The number of aliphatic carboxylic acids is 1. The van der Waals surface area contributed by atoms with Crippen molar-refractivity contribution in [2.75, 3.05) is 6.61 Å². The van der Waals surface area contributed by atoms with Gasteiger partial charge in [-0.05, 0) is 24.1 Å². The Morgan fingerprint density at radius 2 is 1.92 bits per heavy atom. The van der Waals surface area contributed by atoms with Gasteiger partial charge in [-0.3, -0.25) is 10.1 Å². The van der Waals surface area contributed by atoms with Crippen LogP contribution in [0.5, 0.6) is 5.75 Å². The summed E-state index contributed by atoms with van der Waals surface area (Å²) in [5.41, 5.74) is 2.98. The Kier molecular flexibility index (Phi) is 5.92. The van der Waals surface area contributed by atoms with Crippen molar-refractivity contribution in [1.29, 1.82) is 0 Å². The van der Waals surface area contributed by atoms with E-state index >= 15 is 0 Å². The van der Waals surface area contributed by atoms with Crippen LogP contribution in [0.3, 0.4) is 0 Å². The molecular weight excluding hydrogens is 328 g/mol. The Labute approximate surface area is 153 Å². The minimum absolute atomic E-state index is 0.414. The Bertz CT molecular complexity index is 872. The summed E-state index contributed by atoms with van der Waals surface area (Å²) in [6, 6.07) is 15.0. The van der Waals surface area contributed by atoms with Crippen LogP contribution in [0.25, 0.3) is 10.9 Å². The van der Waals surface area contributed by atoms with Crippen molar-refractivity contribution in [3.63, 3.8) is 0 Å². The van der Waals surface area contributed by atoms with Crippen LogP contribution in [0.2, 0.25) is 0 Å². The molecule has 5 heteroatoms. The number of benzene rings is 2. The highest BCUT2D eigenvalue weighted by Crippen LogP contribution is 2.21. The average Bonchev–Trinajstić information content (AvgIpc) is 3.07. The zero-order chi connectivity index (χ0) is 18.4. The quantitative estimate of drug-likeness (QED) is 0.548. The Hall–Kier alpha value is -2.79. The lowest BCUT2D eigenvalue weighted by Gasteiger charge is -2.16. The molecule has 0 bridgehead atoms. The van der Waals surface area contributed by atoms with E-state index < -0.39 is 12.0 Å². The van der Waals surface area contributed by atoms with Gasteiger partial charge in [0.25, 0.3) is 0 Å². The van der Waals surface area contributed by atoms with Crippen LogP contribution in [-0.2, 0) is 17.8 Å². The van der Waals surface area contributed by atoms with Gasteiger partial charge in [0.1, 0.15) is 11.8 Å². The number of carboxylic acids is 1. The van der Waals surface area contributed by atoms with Gasteiger partial charge in [-0.15, -0.1) is 0 Å². The highest BCUT2D eigenvalue weighted by molar-refractivity contribution is 5.84. The van der Waals surface area contributed by atoms with Gasteiger partial charge in [-0.2, -0.15) is 0 Å². The SMILES string of the molecule is CCCOc1ccccc1CN[C@H](Cc1c[nH]c2ccccc12)C(=O)O. The molecule has 1 atom stereocenters. The van der Waals surface area contributed by atoms with Crippen LogP contribution in [0.4, 0.5) is 0 Å². The molecule has 3 N–H and O–H groups in total. The second-order valence-corrected chi connectivity index (χ2v) is 6.29. The number of nitrogens with one attached hydrogen (secondary N) is 2. The van der Waals surface area contributed by atoms with Crippen molar-refractivity contribution in [2.45, 2.75) is 32.4 Å². The number of aromatic nitrogens is 1. The molecule has 0 amide bonds. The van der Waals surface area contributed by atoms with Crippen molar-refractivity contribution in [3.8, 4) is 5.75 Å². The van der Waals surface area contributed by atoms with Gasteiger partial charge in [0.15, 0.2) is 0 Å². The highest BCUT2D eigenvalue weighted by atomic mass is 16.5. The molecule has 5 nitrogen and oxygen atoms in total. The van der Waals surface area contributed by atoms with Crippen LogP contribution >= 0.6 is 0 Å². The highest BCUT2D eigenvalue weighted by Gasteiger charge is 2.19. The van der Waals surface area contributed by atoms with Crippen LogP contribution in [-0.4, -0.2) is 28.7 Å². The standard InChI is InChI=1S/C21H24N2O3/c1-2-11-26-20-10-6-3-7-15(20)13-23-19(21(24)25)12-16-14-22-18-9-5-4-8-17(16)18/h3-10,14,19,22-23H,2,11-13H2,1H3,(H,24,25)/t19-/m1/s1. The number of hydrogen-bond donors (Lipinski definition) is 3. The van der Waals surface area contributed by atoms with Gasteiger partial charge < -0.3 is 14.8 Å². The summed E-state index contributed by atoms with van der Waals surface area (Å²) >= 11 is 0. The van der Waals surface area contributed by atoms with E-state index in [-0.39, 0.29) is 0 Å². The van der Waals surface area contributed by atoms with Crippen LogP contribution in [0, 0.1) is 0 Å². The number of hydrogen-bond acceptors (Lipinski definition) is 3. The summed E-state index contributed by atoms with van der Waals surface area (Å²) < 4.78 is 5.75. The number of ether oxygens (including phenoxy) is 1. The molecule has 0 aliphatic rings. The van der Waals surface area contributed by atoms with Gasteiger partial charge in [-0.1, -0.05) is 43.3 Å². The molecule has 0 aliphatic heterocycles. The summed E-state index contributed by atoms with van der Waals surface area (Å²) in [5, 5.41) is 13.9. The molecule has 3 aromatic rings. The third-order valence-electron chi connectivity index (χ3n) is 4.37. The van der Waals surface area contributed by atoms with E-state index in [0.717, 1.165) is 34.2 Å². The monoisotopic (exact) mass is 352 g/mol. The lowest BCUT2D eigenvalue weighted by atomic mass is 10.0. The minimum atomic E-state index is -0.859. The number of rotatable bonds is 9. The van der Waals surface area contributed by atoms with Gasteiger partial charge in [-0.25, -0.2) is 0 Å². The smallest absolute Gasteiger partial charge is 0.321 e. The fourth-order valence-electron chi connectivity index (χ4n) is 3.00. The Balaban J connectivity index is 1.71. The van der Waals surface area contributed by atoms with Crippen molar-refractivity contribution >= 4 is 16.9 Å². The fraction of sp³-hybridized carbons (Fsp3) is 0.286. The van der Waals surface area contributed by atoms with E-state index in [0.29, 0.717) is 19.6 Å². The number of para-hydroxylation sites is 2. The summed E-state index contributed by atoms with van der Waals surface area (Å²) in [4.78, 5) is 14.9. The molecule has 26 heavy (non-hydrogen) atoms. The Morgan fingerprint density at radius 1 is 1.15 bits per heavy atom. The molecule has 1 aromatic heterocycles. The molecular formula is C21H24N2O3. The number of fused-ring (bicyclic) bond motifs is 1. The third kappa shape index (κ3) is 4.24. The second kappa shape index (κ2) is 8.54. The topological polar surface area (TPSA) is 74.3 Å². The molecule has 0 aliphatic carbocycles.